The number of fused-ring (bicyclic) bond motifs is 1. The van der Waals surface area contributed by atoms with Crippen molar-refractivity contribution >= 4 is 44.6 Å². The summed E-state index contributed by atoms with van der Waals surface area (Å²) in [5, 5.41) is 10.9. The fourth-order valence-electron chi connectivity index (χ4n) is 9.12. The van der Waals surface area contributed by atoms with Gasteiger partial charge in [-0.2, -0.15) is 137 Å². The zero-order valence-electron chi connectivity index (χ0n) is 41.7. The van der Waals surface area contributed by atoms with E-state index in [-0.39, 0.29) is 12.3 Å². The summed E-state index contributed by atoms with van der Waals surface area (Å²) in [6.07, 6.45) is -52.9. The molecule has 0 unspecified atom stereocenters. The summed E-state index contributed by atoms with van der Waals surface area (Å²) in [6, 6.07) is 19.3. The van der Waals surface area contributed by atoms with Crippen LogP contribution in [0.25, 0.3) is 10.8 Å². The Bertz CT molecular complexity index is 3380. The summed E-state index contributed by atoms with van der Waals surface area (Å²) in [4.78, 5) is 12.7. The topological polar surface area (TPSA) is 54.0 Å². The number of ketones is 1. The molecule has 0 N–H and O–H groups in total. The van der Waals surface area contributed by atoms with Crippen molar-refractivity contribution in [2.75, 3.05) is 0 Å². The zero-order valence-corrected chi connectivity index (χ0v) is 41.7. The molecule has 0 fully saturated rings. The number of hydrogen-bond acceptors (Lipinski definition) is 3. The summed E-state index contributed by atoms with van der Waals surface area (Å²) < 4.78 is 349. The van der Waals surface area contributed by atoms with E-state index in [1.165, 1.54) is 0 Å². The molecule has 0 aliphatic carbocycles. The molecule has 8 rings (SSSR count). The van der Waals surface area contributed by atoms with E-state index in [9.17, 15) is 110 Å². The maximum absolute atomic E-state index is 14.2. The van der Waals surface area contributed by atoms with Gasteiger partial charge in [0.15, 0.2) is 6.20 Å². The third-order valence-electron chi connectivity index (χ3n) is 12.9. The van der Waals surface area contributed by atoms with Gasteiger partial charge in [0.1, 0.15) is 11.9 Å². The first-order valence-corrected chi connectivity index (χ1v) is 23.5. The minimum Gasteiger partial charge on any atom is -0.405 e. The molecule has 446 valence electrons. The first kappa shape index (κ1) is 63.9. The van der Waals surface area contributed by atoms with Crippen LogP contribution < -0.4 is 31.2 Å². The number of benzene rings is 7. The second kappa shape index (κ2) is 22.7. The lowest BCUT2D eigenvalue weighted by atomic mass is 9.12. The maximum atomic E-state index is 14.2. The molecule has 0 saturated heterocycles. The Morgan fingerprint density at radius 2 is 0.706 bits per heavy atom. The Balaban J connectivity index is 0.000000306. The first-order valence-electron chi connectivity index (χ1n) is 23.5. The largest absolute Gasteiger partial charge is 0.416 e. The Labute approximate surface area is 461 Å². The van der Waals surface area contributed by atoms with Gasteiger partial charge in [0.25, 0.3) is 0 Å². The number of rotatable bonds is 9. The van der Waals surface area contributed by atoms with Gasteiger partial charge in [-0.25, -0.2) is 0 Å². The molecule has 0 atom stereocenters. The molecule has 0 spiro atoms. The van der Waals surface area contributed by atoms with Crippen molar-refractivity contribution in [3.63, 3.8) is 0 Å². The molecule has 0 amide bonds. The number of pyridine rings is 1. The summed E-state index contributed by atoms with van der Waals surface area (Å²) in [7, 11) is 0. The van der Waals surface area contributed by atoms with Crippen molar-refractivity contribution in [3.05, 3.63) is 220 Å². The van der Waals surface area contributed by atoms with Crippen molar-refractivity contribution < 1.29 is 119 Å². The van der Waals surface area contributed by atoms with E-state index in [4.69, 9.17) is 10.00 Å². The summed E-state index contributed by atoms with van der Waals surface area (Å²) in [6.45, 7) is 0.167. The van der Waals surface area contributed by atoms with Crippen LogP contribution in [-0.4, -0.2) is 11.9 Å². The SMILES string of the molecule is FC(F)(F)c1cc([B-](c2cc(C(F)(F)F)cc(C(F)(F)F)c2)(c2cc(C(F)(F)F)cc(C(F)(F)F)c2)c2cc(C(F)(F)F)cc(C(F)(F)F)c2)cc(C(F)(F)F)c1.N#Cc1ccc(Oc2c3ccccc3cc[n+]2CC(=O)c2ccccc2)cc1. The van der Waals surface area contributed by atoms with Crippen LogP contribution >= 0.6 is 0 Å². The molecule has 1 aromatic heterocycles. The van der Waals surface area contributed by atoms with Crippen LogP contribution in [0.15, 0.2) is 164 Å². The van der Waals surface area contributed by atoms with E-state index in [1.54, 1.807) is 24.3 Å². The van der Waals surface area contributed by atoms with Gasteiger partial charge in [0.05, 0.1) is 61.5 Å². The van der Waals surface area contributed by atoms with Gasteiger partial charge in [-0.15, -0.1) is 0 Å². The van der Waals surface area contributed by atoms with Crippen LogP contribution in [-0.2, 0) is 56.0 Å². The Morgan fingerprint density at radius 1 is 0.400 bits per heavy atom. The van der Waals surface area contributed by atoms with Crippen molar-refractivity contribution in [3.8, 4) is 17.7 Å². The quantitative estimate of drug-likeness (QED) is 0.0626. The van der Waals surface area contributed by atoms with Gasteiger partial charge >= 0.3 is 55.3 Å². The fourth-order valence-corrected chi connectivity index (χ4v) is 9.12. The van der Waals surface area contributed by atoms with E-state index >= 15 is 0 Å². The van der Waals surface area contributed by atoms with Gasteiger partial charge in [-0.3, -0.25) is 4.79 Å². The number of ether oxygens (including phenoxy) is 1. The van der Waals surface area contributed by atoms with Gasteiger partial charge in [0.2, 0.25) is 12.3 Å². The molecule has 0 bridgehead atoms. The maximum Gasteiger partial charge on any atom is 0.416 e. The van der Waals surface area contributed by atoms with Crippen molar-refractivity contribution in [2.45, 2.75) is 56.0 Å². The molecule has 0 aliphatic rings. The van der Waals surface area contributed by atoms with Gasteiger partial charge in [0, 0.05) is 11.6 Å². The van der Waals surface area contributed by atoms with Crippen LogP contribution in [0, 0.1) is 11.3 Å². The molecule has 7 aromatic carbocycles. The average Bonchev–Trinajstić information content (AvgIpc) is 0.758. The van der Waals surface area contributed by atoms with Gasteiger partial charge in [-0.05, 0) is 60.0 Å². The molecule has 85 heavy (non-hydrogen) atoms. The molecule has 0 radical (unpaired) electrons. The van der Waals surface area contributed by atoms with E-state index in [0.29, 0.717) is 22.8 Å². The number of halogens is 24. The fraction of sp³-hybridized carbons (Fsp3) is 0.161. The van der Waals surface area contributed by atoms with Crippen molar-refractivity contribution in [1.29, 1.82) is 5.26 Å². The van der Waals surface area contributed by atoms with Crippen LogP contribution in [0.3, 0.4) is 0 Å². The lowest BCUT2D eigenvalue weighted by Gasteiger charge is -2.46. The molecular weight excluding hydrogens is 1200 g/mol. The van der Waals surface area contributed by atoms with Crippen LogP contribution in [0.5, 0.6) is 11.6 Å². The van der Waals surface area contributed by atoms with Crippen molar-refractivity contribution in [1.82, 2.24) is 0 Å². The Kier molecular flexibility index (Phi) is 17.1. The third-order valence-corrected chi connectivity index (χ3v) is 12.9. The predicted octanol–water partition coefficient (Wildman–Crippen LogP) is 15.9. The molecular formula is C56H29BF24N2O2. The lowest BCUT2D eigenvalue weighted by Crippen LogP contribution is -2.75. The molecule has 4 nitrogen and oxygen atoms in total. The highest BCUT2D eigenvalue weighted by atomic mass is 19.4. The van der Waals surface area contributed by atoms with E-state index in [2.05, 4.69) is 6.07 Å². The number of nitriles is 1. The highest BCUT2D eigenvalue weighted by Crippen LogP contribution is 2.42. The molecule has 0 aliphatic heterocycles. The third kappa shape index (κ3) is 14.5. The molecule has 0 saturated carbocycles. The van der Waals surface area contributed by atoms with Crippen LogP contribution in [0.2, 0.25) is 0 Å². The number of hydrogen-bond donors (Lipinski definition) is 0. The minimum absolute atomic E-state index is 0.00515. The minimum atomic E-state index is -6.13. The smallest absolute Gasteiger partial charge is 0.405 e. The monoisotopic (exact) mass is 1230 g/mol. The highest BCUT2D eigenvalue weighted by molar-refractivity contribution is 7.20. The van der Waals surface area contributed by atoms with Crippen molar-refractivity contribution in [2.24, 2.45) is 0 Å². The second-order valence-electron chi connectivity index (χ2n) is 18.6. The second-order valence-corrected chi connectivity index (χ2v) is 18.6. The number of carbonyl (C=O) groups is 1. The number of carbonyl (C=O) groups excluding carboxylic acids is 1. The number of aromatic nitrogens is 1. The van der Waals surface area contributed by atoms with E-state index in [0.717, 1.165) is 10.8 Å². The molecule has 29 heteroatoms. The van der Waals surface area contributed by atoms with Gasteiger partial charge in [-0.1, -0.05) is 97.1 Å². The standard InChI is InChI=1S/C32H12BF24.C24H17N2O2/c34-25(35,36)13-1-14(26(37,38)39)6-21(5-13)33(22-7-15(27(40,41)42)2-16(8-22)28(43,44)45,23-9-17(29(46,47)48)3-18(10-23)30(49,50)51)24-11-19(31(52,53)54)4-20(12-24)32(55,56)57;25-16-18-10-12-21(13-11-18)28-24-22-9-5-4-6-19(22)14-15-26(24)17-23(27)20-7-2-1-3-8-20/h1-12H;1-15H,17H2/q-1;+1. The average molecular weight is 1230 g/mol. The van der Waals surface area contributed by atoms with E-state index in [1.807, 2.05) is 71.4 Å². The van der Waals surface area contributed by atoms with Crippen LogP contribution in [0.1, 0.15) is 60.4 Å². The summed E-state index contributed by atoms with van der Waals surface area (Å²) in [5.74, 6) is 1.20. The molecule has 8 aromatic rings. The first-order chi connectivity index (χ1) is 39.0. The van der Waals surface area contributed by atoms with E-state index < -0.39 is 195 Å². The van der Waals surface area contributed by atoms with Crippen LogP contribution in [0.4, 0.5) is 105 Å². The predicted molar refractivity (Wildman–Crippen MR) is 256 cm³/mol. The normalized spacial score (nSPS) is 13.0. The zero-order chi connectivity index (χ0) is 63.3. The van der Waals surface area contributed by atoms with Gasteiger partial charge < -0.3 is 4.74 Å². The Hall–Kier alpha value is -8.71. The Morgan fingerprint density at radius 3 is 1.01 bits per heavy atom. The number of nitrogens with zero attached hydrogens (tertiary/aromatic N) is 2. The highest BCUT2D eigenvalue weighted by Gasteiger charge is 2.47. The molecule has 1 heterocycles. The lowest BCUT2D eigenvalue weighted by molar-refractivity contribution is -0.685. The number of alkyl halides is 24. The summed E-state index contributed by atoms with van der Waals surface area (Å²) in [5.41, 5.74) is -29.0. The number of Topliss-reactive ketones (excluding diaryl/α,β-unsaturated/α-hetero) is 1. The summed E-state index contributed by atoms with van der Waals surface area (Å²) >= 11 is 0.